The minimum Gasteiger partial charge on any atom is -0.495 e. The van der Waals surface area contributed by atoms with Gasteiger partial charge < -0.3 is 9.30 Å². The molecule has 0 aliphatic rings. The lowest BCUT2D eigenvalue weighted by Gasteiger charge is -2.11. The van der Waals surface area contributed by atoms with Gasteiger partial charge in [0.15, 0.2) is 6.29 Å². The molecular weight excluding hydrogens is 270 g/mol. The number of methoxy groups -OCH3 is 1. The molecule has 0 atom stereocenters. The van der Waals surface area contributed by atoms with Crippen molar-refractivity contribution in [3.05, 3.63) is 46.7 Å². The van der Waals surface area contributed by atoms with Crippen molar-refractivity contribution in [1.82, 2.24) is 4.57 Å². The molecule has 0 bridgehead atoms. The van der Waals surface area contributed by atoms with Crippen molar-refractivity contribution >= 4 is 22.2 Å². The largest absolute Gasteiger partial charge is 0.495 e. The molecule has 0 unspecified atom stereocenters. The van der Waals surface area contributed by atoms with Crippen LogP contribution in [0.25, 0.3) is 5.69 Å². The zero-order chi connectivity index (χ0) is 11.5. The lowest BCUT2D eigenvalue weighted by atomic mass is 10.3. The van der Waals surface area contributed by atoms with E-state index in [-0.39, 0.29) is 0 Å². The minimum absolute atomic E-state index is 0.594. The molecule has 0 fully saturated rings. The van der Waals surface area contributed by atoms with Gasteiger partial charge in [-0.3, -0.25) is 4.79 Å². The van der Waals surface area contributed by atoms with E-state index < -0.39 is 0 Å². The van der Waals surface area contributed by atoms with E-state index in [4.69, 9.17) is 4.74 Å². The van der Waals surface area contributed by atoms with Crippen LogP contribution >= 0.6 is 15.9 Å². The van der Waals surface area contributed by atoms with Crippen molar-refractivity contribution in [1.29, 1.82) is 0 Å². The van der Waals surface area contributed by atoms with Crippen LogP contribution in [0.3, 0.4) is 0 Å². The summed E-state index contributed by atoms with van der Waals surface area (Å²) in [6.45, 7) is 0. The average Bonchev–Trinajstić information content (AvgIpc) is 2.76. The summed E-state index contributed by atoms with van der Waals surface area (Å²) in [5.74, 6) is 0.725. The maximum Gasteiger partial charge on any atom is 0.166 e. The predicted octanol–water partition coefficient (Wildman–Crippen LogP) is 3.06. The predicted molar refractivity (Wildman–Crippen MR) is 65.4 cm³/mol. The third-order valence-electron chi connectivity index (χ3n) is 2.30. The molecule has 0 amide bonds. The molecule has 3 nitrogen and oxygen atoms in total. The van der Waals surface area contributed by atoms with Crippen LogP contribution in [0.4, 0.5) is 0 Å². The van der Waals surface area contributed by atoms with Gasteiger partial charge in [-0.1, -0.05) is 15.9 Å². The van der Waals surface area contributed by atoms with E-state index in [0.29, 0.717) is 5.69 Å². The lowest BCUT2D eigenvalue weighted by molar-refractivity contribution is 0.111. The smallest absolute Gasteiger partial charge is 0.166 e. The lowest BCUT2D eigenvalue weighted by Crippen LogP contribution is -2.00. The van der Waals surface area contributed by atoms with Crippen molar-refractivity contribution in [2.24, 2.45) is 0 Å². The van der Waals surface area contributed by atoms with Crippen LogP contribution < -0.4 is 4.74 Å². The van der Waals surface area contributed by atoms with E-state index in [1.54, 1.807) is 17.7 Å². The topological polar surface area (TPSA) is 31.2 Å². The fourth-order valence-electron chi connectivity index (χ4n) is 1.56. The second-order valence-electron chi connectivity index (χ2n) is 3.24. The second-order valence-corrected chi connectivity index (χ2v) is 4.15. The van der Waals surface area contributed by atoms with Crippen LogP contribution in [0.5, 0.6) is 5.75 Å². The van der Waals surface area contributed by atoms with Gasteiger partial charge in [-0.2, -0.15) is 0 Å². The highest BCUT2D eigenvalue weighted by molar-refractivity contribution is 9.10. The molecule has 0 aliphatic heterocycles. The molecular formula is C12H10BrNO2. The third-order valence-corrected chi connectivity index (χ3v) is 2.79. The molecule has 0 saturated carbocycles. The third kappa shape index (κ3) is 1.88. The number of nitrogens with zero attached hydrogens (tertiary/aromatic N) is 1. The Morgan fingerprint density at radius 2 is 2.19 bits per heavy atom. The summed E-state index contributed by atoms with van der Waals surface area (Å²) in [4.78, 5) is 10.9. The number of aromatic nitrogens is 1. The first-order valence-corrected chi connectivity index (χ1v) is 5.52. The van der Waals surface area contributed by atoms with Gasteiger partial charge in [0.1, 0.15) is 5.75 Å². The molecule has 2 rings (SSSR count). The van der Waals surface area contributed by atoms with E-state index in [2.05, 4.69) is 15.9 Å². The van der Waals surface area contributed by atoms with Crippen LogP contribution in [-0.2, 0) is 0 Å². The fraction of sp³-hybridized carbons (Fsp3) is 0.0833. The molecule has 0 spiro atoms. The number of carbonyl (C=O) groups excluding carboxylic acids is 1. The highest BCUT2D eigenvalue weighted by Gasteiger charge is 2.08. The first-order chi connectivity index (χ1) is 7.76. The second kappa shape index (κ2) is 4.53. The van der Waals surface area contributed by atoms with Crippen molar-refractivity contribution < 1.29 is 9.53 Å². The van der Waals surface area contributed by atoms with Gasteiger partial charge in [0.05, 0.1) is 18.5 Å². The van der Waals surface area contributed by atoms with Crippen LogP contribution in [0.1, 0.15) is 10.5 Å². The van der Waals surface area contributed by atoms with Gasteiger partial charge in [0.25, 0.3) is 0 Å². The SMILES string of the molecule is COc1ccc(Br)cc1-n1cccc1C=O. The molecule has 1 aromatic carbocycles. The number of hydrogen-bond donors (Lipinski definition) is 0. The molecule has 16 heavy (non-hydrogen) atoms. The molecule has 0 N–H and O–H groups in total. The minimum atomic E-state index is 0.594. The van der Waals surface area contributed by atoms with Crippen molar-refractivity contribution in [3.63, 3.8) is 0 Å². The molecule has 0 aliphatic carbocycles. The number of aldehydes is 1. The zero-order valence-electron chi connectivity index (χ0n) is 8.68. The van der Waals surface area contributed by atoms with Gasteiger partial charge in [-0.15, -0.1) is 0 Å². The molecule has 0 radical (unpaired) electrons. The average molecular weight is 280 g/mol. The highest BCUT2D eigenvalue weighted by Crippen LogP contribution is 2.27. The van der Waals surface area contributed by atoms with Gasteiger partial charge in [0.2, 0.25) is 0 Å². The Bertz CT molecular complexity index is 519. The Hall–Kier alpha value is -1.55. The summed E-state index contributed by atoms with van der Waals surface area (Å²) >= 11 is 3.40. The first kappa shape index (κ1) is 11.0. The Labute approximate surface area is 102 Å². The Morgan fingerprint density at radius 3 is 2.88 bits per heavy atom. The molecule has 4 heteroatoms. The number of carbonyl (C=O) groups is 1. The summed E-state index contributed by atoms with van der Waals surface area (Å²) in [5.41, 5.74) is 1.43. The summed E-state index contributed by atoms with van der Waals surface area (Å²) in [5, 5.41) is 0. The van der Waals surface area contributed by atoms with E-state index in [1.807, 2.05) is 30.5 Å². The normalized spacial score (nSPS) is 10.1. The van der Waals surface area contributed by atoms with Crippen molar-refractivity contribution in [3.8, 4) is 11.4 Å². The Kier molecular flexibility index (Phi) is 3.10. The van der Waals surface area contributed by atoms with Crippen molar-refractivity contribution in [2.45, 2.75) is 0 Å². The van der Waals surface area contributed by atoms with E-state index in [0.717, 1.165) is 22.2 Å². The van der Waals surface area contributed by atoms with Gasteiger partial charge in [-0.05, 0) is 30.3 Å². The van der Waals surface area contributed by atoms with Crippen LogP contribution in [0.15, 0.2) is 41.0 Å². The fourth-order valence-corrected chi connectivity index (χ4v) is 1.91. The number of halogens is 1. The standard InChI is InChI=1S/C12H10BrNO2/c1-16-12-5-4-9(13)7-11(12)14-6-2-3-10(14)8-15/h2-8H,1H3. The summed E-state index contributed by atoms with van der Waals surface area (Å²) < 4.78 is 7.99. The van der Waals surface area contributed by atoms with Gasteiger partial charge in [0, 0.05) is 10.7 Å². The highest BCUT2D eigenvalue weighted by atomic mass is 79.9. The Balaban J connectivity index is 2.62. The quantitative estimate of drug-likeness (QED) is 0.809. The summed E-state index contributed by atoms with van der Waals surface area (Å²) in [7, 11) is 1.61. The van der Waals surface area contributed by atoms with Gasteiger partial charge in [-0.25, -0.2) is 0 Å². The van der Waals surface area contributed by atoms with E-state index >= 15 is 0 Å². The number of benzene rings is 1. The van der Waals surface area contributed by atoms with Gasteiger partial charge >= 0.3 is 0 Å². The maximum absolute atomic E-state index is 10.9. The monoisotopic (exact) mass is 279 g/mol. The molecule has 1 aromatic heterocycles. The van der Waals surface area contributed by atoms with Crippen LogP contribution in [0, 0.1) is 0 Å². The maximum atomic E-state index is 10.9. The number of rotatable bonds is 3. The number of ether oxygens (including phenoxy) is 1. The molecule has 0 saturated heterocycles. The summed E-state index contributed by atoms with van der Waals surface area (Å²) in [6, 6.07) is 9.24. The van der Waals surface area contributed by atoms with E-state index in [1.165, 1.54) is 0 Å². The molecule has 1 heterocycles. The summed E-state index contributed by atoms with van der Waals surface area (Å²) in [6.07, 6.45) is 2.65. The Morgan fingerprint density at radius 1 is 1.38 bits per heavy atom. The molecule has 82 valence electrons. The molecule has 2 aromatic rings. The van der Waals surface area contributed by atoms with Crippen LogP contribution in [-0.4, -0.2) is 18.0 Å². The zero-order valence-corrected chi connectivity index (χ0v) is 10.3. The van der Waals surface area contributed by atoms with Crippen LogP contribution in [0.2, 0.25) is 0 Å². The van der Waals surface area contributed by atoms with E-state index in [9.17, 15) is 4.79 Å². The number of hydrogen-bond acceptors (Lipinski definition) is 2. The van der Waals surface area contributed by atoms with Crippen molar-refractivity contribution in [2.75, 3.05) is 7.11 Å². The first-order valence-electron chi connectivity index (χ1n) is 4.72.